The molecule has 4 nitrogen and oxygen atoms in total. The molecule has 0 rings (SSSR count). The molecule has 0 amide bonds. The van der Waals surface area contributed by atoms with Gasteiger partial charge in [-0.25, -0.2) is 0 Å². The minimum Gasteiger partial charge on any atom is -0.299 e. The van der Waals surface area contributed by atoms with E-state index in [0.29, 0.717) is 6.42 Å². The van der Waals surface area contributed by atoms with Gasteiger partial charge >= 0.3 is 10.1 Å². The van der Waals surface area contributed by atoms with Gasteiger partial charge in [0.05, 0.1) is 5.75 Å². The number of ketones is 1. The average Bonchev–Trinajstić information content (AvgIpc) is 2.23. The van der Waals surface area contributed by atoms with E-state index < -0.39 is 20.4 Å². The predicted octanol–water partition coefficient (Wildman–Crippen LogP) is 3.34. The Labute approximate surface area is 119 Å². The van der Waals surface area contributed by atoms with Gasteiger partial charge in [-0.1, -0.05) is 13.3 Å². The van der Waals surface area contributed by atoms with Crippen LogP contribution in [-0.4, -0.2) is 39.8 Å². The Morgan fingerprint density at radius 3 is 1.89 bits per heavy atom. The second-order valence-corrected chi connectivity index (χ2v) is 11.4. The molecule has 0 radical (unpaired) electrons. The normalized spacial score (nSPS) is 14.1. The van der Waals surface area contributed by atoms with Crippen molar-refractivity contribution >= 4 is 26.2 Å². The number of carbonyl (C=O) groups is 1. The first-order valence-corrected chi connectivity index (χ1v) is 10.3. The Balaban J connectivity index is 5.30. The molecule has 0 aromatic rings. The highest BCUT2D eigenvalue weighted by atomic mass is 32.3. The molecule has 0 aliphatic heterocycles. The number of rotatable bonds is 9. The molecule has 19 heavy (non-hydrogen) atoms. The molecule has 0 saturated carbocycles. The van der Waals surface area contributed by atoms with Gasteiger partial charge < -0.3 is 0 Å². The second kappa shape index (κ2) is 7.64. The smallest absolute Gasteiger partial charge is 0.299 e. The lowest BCUT2D eigenvalue weighted by Gasteiger charge is -2.40. The lowest BCUT2D eigenvalue weighted by molar-refractivity contribution is -0.114. The standard InChI is InChI=1S/C13H28O4S2/c1-7-8-9-19(15,16)17-18(11(2)3,12(4)5)10-13(6)14/h11-12H,7-10H2,1-6H3/p+1. The molecule has 0 bridgehead atoms. The minimum atomic E-state index is -3.43. The maximum absolute atomic E-state index is 12.1. The van der Waals surface area contributed by atoms with E-state index in [1.165, 1.54) is 6.92 Å². The molecule has 0 spiro atoms. The van der Waals surface area contributed by atoms with Crippen LogP contribution in [0.5, 0.6) is 0 Å². The molecule has 0 aliphatic rings. The van der Waals surface area contributed by atoms with E-state index in [2.05, 4.69) is 3.63 Å². The van der Waals surface area contributed by atoms with Crippen LogP contribution in [0, 0.1) is 0 Å². The lowest BCUT2D eigenvalue weighted by atomic mass is 10.4. The Morgan fingerprint density at radius 1 is 1.11 bits per heavy atom. The molecular formula is C13H29O4S2+. The number of hydrogen-bond acceptors (Lipinski definition) is 3. The molecule has 0 heterocycles. The molecular weight excluding hydrogens is 284 g/mol. The molecule has 1 N–H and O–H groups in total. The quantitative estimate of drug-likeness (QED) is 0.484. The topological polar surface area (TPSA) is 64.0 Å². The summed E-state index contributed by atoms with van der Waals surface area (Å²) in [5.74, 6) is 0.385. The molecule has 0 aromatic carbocycles. The van der Waals surface area contributed by atoms with E-state index in [9.17, 15) is 13.2 Å². The average molecular weight is 314 g/mol. The fourth-order valence-corrected chi connectivity index (χ4v) is 8.61. The Morgan fingerprint density at radius 2 is 1.58 bits per heavy atom. The van der Waals surface area contributed by atoms with Crippen molar-refractivity contribution < 1.29 is 16.8 Å². The fraction of sp³-hybridized carbons (Fsp3) is 0.923. The first-order valence-electron chi connectivity index (χ1n) is 6.82. The maximum Gasteiger partial charge on any atom is 0.390 e. The fourth-order valence-electron chi connectivity index (χ4n) is 1.98. The minimum absolute atomic E-state index is 0.0202. The van der Waals surface area contributed by atoms with Crippen LogP contribution in [0.15, 0.2) is 0 Å². The third kappa shape index (κ3) is 5.83. The van der Waals surface area contributed by atoms with Gasteiger partial charge in [0, 0.05) is 10.5 Å². The van der Waals surface area contributed by atoms with Crippen LogP contribution in [-0.2, 0) is 14.9 Å². The van der Waals surface area contributed by atoms with Crippen LogP contribution in [0.25, 0.3) is 0 Å². The van der Waals surface area contributed by atoms with Crippen molar-refractivity contribution in [2.24, 2.45) is 0 Å². The molecule has 0 aliphatic carbocycles. The SMILES string of the molecule is CCCCS(=O)(=O)[OH+]S(CC(C)=O)(C(C)C)C(C)C. The van der Waals surface area contributed by atoms with Crippen LogP contribution >= 0.6 is 10.3 Å². The molecule has 0 atom stereocenters. The van der Waals surface area contributed by atoms with Crippen molar-refractivity contribution in [2.75, 3.05) is 11.5 Å². The Hall–Kier alpha value is -0.0700. The number of unbranched alkanes of at least 4 members (excludes halogenated alkanes) is 1. The highest BCUT2D eigenvalue weighted by Gasteiger charge is 2.43. The third-order valence-electron chi connectivity index (χ3n) is 3.08. The Kier molecular flexibility index (Phi) is 7.62. The molecule has 0 unspecified atom stereocenters. The number of carbonyl (C=O) groups excluding carboxylic acids is 1. The van der Waals surface area contributed by atoms with E-state index >= 15 is 0 Å². The van der Waals surface area contributed by atoms with Crippen LogP contribution in [0.3, 0.4) is 0 Å². The van der Waals surface area contributed by atoms with E-state index in [1.807, 2.05) is 34.6 Å². The maximum atomic E-state index is 12.1. The third-order valence-corrected chi connectivity index (χ3v) is 10.0. The van der Waals surface area contributed by atoms with Crippen molar-refractivity contribution in [3.8, 4) is 0 Å². The van der Waals surface area contributed by atoms with E-state index in [1.54, 1.807) is 0 Å². The van der Waals surface area contributed by atoms with Gasteiger partial charge in [0.2, 0.25) is 0 Å². The highest BCUT2D eigenvalue weighted by Crippen LogP contribution is 2.56. The number of hydrogen-bond donors (Lipinski definition) is 0. The summed E-state index contributed by atoms with van der Waals surface area (Å²) in [7, 11) is -5.26. The molecule has 0 saturated heterocycles. The van der Waals surface area contributed by atoms with Crippen LogP contribution in [0.1, 0.15) is 54.4 Å². The largest absolute Gasteiger partial charge is 0.390 e. The van der Waals surface area contributed by atoms with Gasteiger partial charge in [-0.15, -0.1) is 0 Å². The van der Waals surface area contributed by atoms with Gasteiger partial charge in [-0.05, 0) is 51.3 Å². The van der Waals surface area contributed by atoms with E-state index in [-0.39, 0.29) is 27.8 Å². The first-order chi connectivity index (χ1) is 8.57. The zero-order valence-electron chi connectivity index (χ0n) is 13.0. The summed E-state index contributed by atoms with van der Waals surface area (Å²) in [6, 6.07) is 0. The van der Waals surface area contributed by atoms with Crippen molar-refractivity contribution in [2.45, 2.75) is 64.9 Å². The van der Waals surface area contributed by atoms with Crippen molar-refractivity contribution in [1.82, 2.24) is 0 Å². The summed E-state index contributed by atoms with van der Waals surface area (Å²) in [5, 5.41) is 0.181. The molecule has 0 fully saturated rings. The second-order valence-electron chi connectivity index (χ2n) is 5.47. The van der Waals surface area contributed by atoms with Crippen molar-refractivity contribution in [1.29, 1.82) is 0 Å². The summed E-state index contributed by atoms with van der Waals surface area (Å²) in [6.45, 7) is 11.3. The van der Waals surface area contributed by atoms with Crippen LogP contribution in [0.4, 0.5) is 0 Å². The van der Waals surface area contributed by atoms with E-state index in [4.69, 9.17) is 0 Å². The molecule has 6 heteroatoms. The van der Waals surface area contributed by atoms with Gasteiger partial charge in [-0.3, -0.25) is 8.42 Å². The summed E-state index contributed by atoms with van der Waals surface area (Å²) in [4.78, 5) is 11.5. The molecule has 116 valence electrons. The molecule has 0 aromatic heterocycles. The van der Waals surface area contributed by atoms with Crippen molar-refractivity contribution in [3.63, 3.8) is 0 Å². The Bertz CT molecular complexity index is 377. The summed E-state index contributed by atoms with van der Waals surface area (Å²) in [5.41, 5.74) is 0. The van der Waals surface area contributed by atoms with Crippen LogP contribution in [0.2, 0.25) is 0 Å². The summed E-state index contributed by atoms with van der Waals surface area (Å²) in [6.07, 6.45) is 1.45. The lowest BCUT2D eigenvalue weighted by Crippen LogP contribution is -2.34. The first kappa shape index (κ1) is 18.9. The predicted molar refractivity (Wildman–Crippen MR) is 84.7 cm³/mol. The summed E-state index contributed by atoms with van der Waals surface area (Å²) >= 11 is 0. The van der Waals surface area contributed by atoms with Gasteiger partial charge in [-0.2, -0.15) is 8.42 Å². The van der Waals surface area contributed by atoms with Crippen molar-refractivity contribution in [3.05, 3.63) is 0 Å². The van der Waals surface area contributed by atoms with Gasteiger partial charge in [0.15, 0.2) is 0 Å². The van der Waals surface area contributed by atoms with Crippen LogP contribution < -0.4 is 0 Å². The highest BCUT2D eigenvalue weighted by molar-refractivity contribution is 8.33. The monoisotopic (exact) mass is 313 g/mol. The van der Waals surface area contributed by atoms with Gasteiger partial charge in [0.1, 0.15) is 11.5 Å². The van der Waals surface area contributed by atoms with E-state index in [0.717, 1.165) is 6.42 Å². The van der Waals surface area contributed by atoms with Gasteiger partial charge in [0.25, 0.3) is 0 Å². The zero-order chi connectivity index (χ0) is 15.3. The zero-order valence-corrected chi connectivity index (χ0v) is 14.6. The number of Topliss-reactive ketones (excluding diaryl/α,β-unsaturated/α-hetero) is 1. The summed E-state index contributed by atoms with van der Waals surface area (Å²) < 4.78 is 28.5.